The molecule has 0 saturated heterocycles. The van der Waals surface area contributed by atoms with E-state index in [4.69, 9.17) is 0 Å². The van der Waals surface area contributed by atoms with Crippen LogP contribution in [0.1, 0.15) is 57.9 Å². The van der Waals surface area contributed by atoms with Crippen LogP contribution in [0.4, 0.5) is 0 Å². The predicted molar refractivity (Wildman–Crippen MR) is 77.7 cm³/mol. The van der Waals surface area contributed by atoms with E-state index in [2.05, 4.69) is 38.1 Å². The maximum absolute atomic E-state index is 12.2. The molecule has 0 unspecified atom stereocenters. The molecule has 0 radical (unpaired) electrons. The first-order chi connectivity index (χ1) is 8.77. The van der Waals surface area contributed by atoms with Crippen molar-refractivity contribution in [3.8, 4) is 0 Å². The molecule has 0 bridgehead atoms. The molecular formula is C17H26O. The lowest BCUT2D eigenvalue weighted by atomic mass is 9.88. The molecule has 1 rings (SSSR count). The van der Waals surface area contributed by atoms with Crippen LogP contribution in [0.2, 0.25) is 0 Å². The molecule has 0 aliphatic heterocycles. The van der Waals surface area contributed by atoms with Gasteiger partial charge in [-0.05, 0) is 24.8 Å². The molecule has 0 aromatic heterocycles. The summed E-state index contributed by atoms with van der Waals surface area (Å²) in [6.45, 7) is 4.33. The van der Waals surface area contributed by atoms with E-state index in [1.165, 1.54) is 12.0 Å². The highest BCUT2D eigenvalue weighted by Crippen LogP contribution is 2.19. The Kier molecular flexibility index (Phi) is 7.40. The normalized spacial score (nSPS) is 12.3. The Hall–Kier alpha value is -1.11. The molecule has 0 N–H and O–H groups in total. The lowest BCUT2D eigenvalue weighted by Gasteiger charge is -2.15. The third kappa shape index (κ3) is 5.48. The van der Waals surface area contributed by atoms with Crippen molar-refractivity contribution in [2.75, 3.05) is 0 Å². The van der Waals surface area contributed by atoms with Gasteiger partial charge in [-0.3, -0.25) is 4.79 Å². The highest BCUT2D eigenvalue weighted by molar-refractivity contribution is 5.81. The number of benzene rings is 1. The van der Waals surface area contributed by atoms with Crippen LogP contribution in [-0.4, -0.2) is 5.78 Å². The first-order valence-electron chi connectivity index (χ1n) is 7.34. The zero-order chi connectivity index (χ0) is 13.2. The smallest absolute Gasteiger partial charge is 0.136 e. The molecule has 1 heteroatoms. The summed E-state index contributed by atoms with van der Waals surface area (Å²) in [6, 6.07) is 10.4. The molecule has 0 spiro atoms. The number of ketones is 1. The van der Waals surface area contributed by atoms with Crippen molar-refractivity contribution in [3.63, 3.8) is 0 Å². The average molecular weight is 246 g/mol. The second kappa shape index (κ2) is 8.91. The van der Waals surface area contributed by atoms with Crippen molar-refractivity contribution in [1.82, 2.24) is 0 Å². The molecule has 0 aliphatic carbocycles. The molecule has 0 saturated carbocycles. The summed E-state index contributed by atoms with van der Waals surface area (Å²) in [5.74, 6) is 0.702. The predicted octanol–water partition coefficient (Wildman–Crippen LogP) is 4.79. The van der Waals surface area contributed by atoms with E-state index in [-0.39, 0.29) is 5.92 Å². The molecule has 1 aromatic carbocycles. The summed E-state index contributed by atoms with van der Waals surface area (Å²) in [5, 5.41) is 0. The summed E-state index contributed by atoms with van der Waals surface area (Å²) >= 11 is 0. The van der Waals surface area contributed by atoms with E-state index >= 15 is 0 Å². The fraction of sp³-hybridized carbons (Fsp3) is 0.588. The molecule has 0 amide bonds. The fourth-order valence-electron chi connectivity index (χ4n) is 2.28. The number of hydrogen-bond donors (Lipinski definition) is 0. The molecule has 1 atom stereocenters. The zero-order valence-electron chi connectivity index (χ0n) is 11.8. The molecule has 100 valence electrons. The van der Waals surface area contributed by atoms with Gasteiger partial charge < -0.3 is 0 Å². The van der Waals surface area contributed by atoms with Gasteiger partial charge in [0.1, 0.15) is 5.78 Å². The lowest BCUT2D eigenvalue weighted by Crippen LogP contribution is -2.17. The van der Waals surface area contributed by atoms with Gasteiger partial charge in [0, 0.05) is 12.3 Å². The van der Waals surface area contributed by atoms with Gasteiger partial charge in [0.05, 0.1) is 0 Å². The maximum atomic E-state index is 12.2. The average Bonchev–Trinajstić information content (AvgIpc) is 2.42. The molecule has 0 aliphatic rings. The van der Waals surface area contributed by atoms with Crippen LogP contribution in [0, 0.1) is 5.92 Å². The molecule has 0 fully saturated rings. The van der Waals surface area contributed by atoms with Crippen molar-refractivity contribution in [2.45, 2.75) is 58.8 Å². The van der Waals surface area contributed by atoms with Crippen LogP contribution in [0.15, 0.2) is 30.3 Å². The van der Waals surface area contributed by atoms with Gasteiger partial charge in [-0.2, -0.15) is 0 Å². The first-order valence-corrected chi connectivity index (χ1v) is 7.34. The summed E-state index contributed by atoms with van der Waals surface area (Å²) in [5.41, 5.74) is 1.29. The Bertz CT molecular complexity index is 329. The summed E-state index contributed by atoms with van der Waals surface area (Å²) in [6.07, 6.45) is 7.21. The van der Waals surface area contributed by atoms with Gasteiger partial charge >= 0.3 is 0 Å². The van der Waals surface area contributed by atoms with Crippen LogP contribution < -0.4 is 0 Å². The van der Waals surface area contributed by atoms with E-state index in [9.17, 15) is 4.79 Å². The third-order valence-corrected chi connectivity index (χ3v) is 3.46. The Morgan fingerprint density at radius 1 is 1.06 bits per heavy atom. The highest BCUT2D eigenvalue weighted by Gasteiger charge is 2.17. The monoisotopic (exact) mass is 246 g/mol. The van der Waals surface area contributed by atoms with E-state index < -0.39 is 0 Å². The van der Waals surface area contributed by atoms with Gasteiger partial charge in [0.25, 0.3) is 0 Å². The molecule has 18 heavy (non-hydrogen) atoms. The van der Waals surface area contributed by atoms with Crippen molar-refractivity contribution in [1.29, 1.82) is 0 Å². The number of unbranched alkanes of at least 4 members (excludes halogenated alkanes) is 2. The number of carbonyl (C=O) groups excluding carboxylic acids is 1. The largest absolute Gasteiger partial charge is 0.299 e. The van der Waals surface area contributed by atoms with E-state index in [1.54, 1.807) is 0 Å². The minimum absolute atomic E-state index is 0.235. The van der Waals surface area contributed by atoms with Crippen LogP contribution in [0.3, 0.4) is 0 Å². The van der Waals surface area contributed by atoms with Crippen molar-refractivity contribution in [2.24, 2.45) is 5.92 Å². The van der Waals surface area contributed by atoms with Crippen LogP contribution in [0.25, 0.3) is 0 Å². The summed E-state index contributed by atoms with van der Waals surface area (Å²) in [7, 11) is 0. The topological polar surface area (TPSA) is 17.1 Å². The van der Waals surface area contributed by atoms with Gasteiger partial charge in [-0.15, -0.1) is 0 Å². The van der Waals surface area contributed by atoms with Crippen LogP contribution >= 0.6 is 0 Å². The van der Waals surface area contributed by atoms with Gasteiger partial charge in [0.15, 0.2) is 0 Å². The number of Topliss-reactive ketones (excluding diaryl/α,β-unsaturated/α-hetero) is 1. The second-order valence-corrected chi connectivity index (χ2v) is 5.10. The molecule has 0 heterocycles. The first kappa shape index (κ1) is 14.9. The Morgan fingerprint density at radius 2 is 1.72 bits per heavy atom. The Balaban J connectivity index is 2.57. The summed E-state index contributed by atoms with van der Waals surface area (Å²) < 4.78 is 0. The maximum Gasteiger partial charge on any atom is 0.136 e. The van der Waals surface area contributed by atoms with Crippen molar-refractivity contribution < 1.29 is 4.79 Å². The van der Waals surface area contributed by atoms with E-state index in [1.807, 2.05) is 6.07 Å². The van der Waals surface area contributed by atoms with Crippen molar-refractivity contribution in [3.05, 3.63) is 35.9 Å². The third-order valence-electron chi connectivity index (χ3n) is 3.46. The Morgan fingerprint density at radius 3 is 2.33 bits per heavy atom. The zero-order valence-corrected chi connectivity index (χ0v) is 11.8. The van der Waals surface area contributed by atoms with Crippen LogP contribution in [-0.2, 0) is 11.2 Å². The lowest BCUT2D eigenvalue weighted by molar-refractivity contribution is -0.123. The molecule has 1 aromatic rings. The summed E-state index contributed by atoms with van der Waals surface area (Å²) in [4.78, 5) is 12.2. The molecule has 1 nitrogen and oxygen atoms in total. The minimum atomic E-state index is 0.235. The highest BCUT2D eigenvalue weighted by atomic mass is 16.1. The van der Waals surface area contributed by atoms with Gasteiger partial charge in [-0.1, -0.05) is 63.4 Å². The number of rotatable bonds is 9. The number of carbonyl (C=O) groups is 1. The van der Waals surface area contributed by atoms with Crippen LogP contribution in [0.5, 0.6) is 0 Å². The standard InChI is InChI=1S/C17H26O/c1-3-5-12-16(17(18)13-6-4-2)14-15-10-8-7-9-11-15/h7-11,16H,3-6,12-14H2,1-2H3/t16-/m1/s1. The number of hydrogen-bond acceptors (Lipinski definition) is 1. The van der Waals surface area contributed by atoms with Crippen molar-refractivity contribution >= 4 is 5.78 Å². The minimum Gasteiger partial charge on any atom is -0.299 e. The second-order valence-electron chi connectivity index (χ2n) is 5.10. The van der Waals surface area contributed by atoms with E-state index in [0.717, 1.165) is 38.5 Å². The van der Waals surface area contributed by atoms with Gasteiger partial charge in [0.2, 0.25) is 0 Å². The quantitative estimate of drug-likeness (QED) is 0.612. The van der Waals surface area contributed by atoms with E-state index in [0.29, 0.717) is 5.78 Å². The molecular weight excluding hydrogens is 220 g/mol. The fourth-order valence-corrected chi connectivity index (χ4v) is 2.28. The SMILES string of the molecule is CCCCC(=O)[C@H](CCCC)Cc1ccccc1. The Labute approximate surface area is 112 Å². The van der Waals surface area contributed by atoms with Gasteiger partial charge in [-0.25, -0.2) is 0 Å².